The Morgan fingerprint density at radius 2 is 2.28 bits per heavy atom. The van der Waals surface area contributed by atoms with E-state index >= 15 is 0 Å². The van der Waals surface area contributed by atoms with Gasteiger partial charge in [0.25, 0.3) is 0 Å². The Morgan fingerprint density at radius 3 is 3.11 bits per heavy atom. The Labute approximate surface area is 110 Å². The van der Waals surface area contributed by atoms with Crippen LogP contribution in [-0.4, -0.2) is 18.5 Å². The molecule has 1 fully saturated rings. The van der Waals surface area contributed by atoms with Gasteiger partial charge in [0.2, 0.25) is 5.91 Å². The van der Waals surface area contributed by atoms with Crippen LogP contribution in [0, 0.1) is 0 Å². The maximum atomic E-state index is 11.1. The fraction of sp³-hybridized carbons (Fsp3) is 0.357. The molecule has 0 saturated carbocycles. The topological polar surface area (TPSA) is 41.1 Å². The van der Waals surface area contributed by atoms with Crippen LogP contribution in [0.2, 0.25) is 0 Å². The molecule has 1 aromatic heterocycles. The summed E-state index contributed by atoms with van der Waals surface area (Å²) < 4.78 is 1.34. The van der Waals surface area contributed by atoms with Crippen molar-refractivity contribution in [3.8, 4) is 0 Å². The third-order valence-corrected chi connectivity index (χ3v) is 4.36. The molecule has 0 aliphatic carbocycles. The molecule has 18 heavy (non-hydrogen) atoms. The van der Waals surface area contributed by atoms with E-state index in [0.29, 0.717) is 12.5 Å². The number of amides is 1. The molecule has 0 radical (unpaired) electrons. The normalized spacial score (nSPS) is 19.3. The summed E-state index contributed by atoms with van der Waals surface area (Å²) in [7, 11) is 0. The van der Waals surface area contributed by atoms with Gasteiger partial charge in [0.05, 0.1) is 0 Å². The largest absolute Gasteiger partial charge is 0.352 e. The average Bonchev–Trinajstić information content (AvgIpc) is 2.97. The van der Waals surface area contributed by atoms with Crippen molar-refractivity contribution in [2.24, 2.45) is 0 Å². The SMILES string of the molecule is O=C1CCC(CNCc2csc3ccccc23)N1. The van der Waals surface area contributed by atoms with E-state index in [1.165, 1.54) is 15.6 Å². The Kier molecular flexibility index (Phi) is 3.30. The van der Waals surface area contributed by atoms with Gasteiger partial charge in [0.1, 0.15) is 0 Å². The van der Waals surface area contributed by atoms with Crippen molar-refractivity contribution >= 4 is 27.3 Å². The number of benzene rings is 1. The zero-order chi connectivity index (χ0) is 12.4. The Balaban J connectivity index is 1.58. The van der Waals surface area contributed by atoms with Crippen LogP contribution in [0.5, 0.6) is 0 Å². The predicted molar refractivity (Wildman–Crippen MR) is 74.7 cm³/mol. The summed E-state index contributed by atoms with van der Waals surface area (Å²) in [6, 6.07) is 8.78. The van der Waals surface area contributed by atoms with Crippen molar-refractivity contribution < 1.29 is 4.79 Å². The van der Waals surface area contributed by atoms with Crippen molar-refractivity contribution in [2.45, 2.75) is 25.4 Å². The van der Waals surface area contributed by atoms with E-state index < -0.39 is 0 Å². The Bertz CT molecular complexity index is 564. The molecule has 1 aliphatic rings. The van der Waals surface area contributed by atoms with Gasteiger partial charge in [-0.15, -0.1) is 11.3 Å². The van der Waals surface area contributed by atoms with Gasteiger partial charge < -0.3 is 10.6 Å². The number of thiophene rings is 1. The van der Waals surface area contributed by atoms with Crippen molar-refractivity contribution in [3.63, 3.8) is 0 Å². The van der Waals surface area contributed by atoms with Crippen LogP contribution in [0.1, 0.15) is 18.4 Å². The molecule has 1 aliphatic heterocycles. The first-order chi connectivity index (χ1) is 8.83. The van der Waals surface area contributed by atoms with Gasteiger partial charge in [0, 0.05) is 30.3 Å². The molecule has 0 spiro atoms. The molecule has 4 heteroatoms. The second kappa shape index (κ2) is 5.08. The monoisotopic (exact) mass is 260 g/mol. The average molecular weight is 260 g/mol. The van der Waals surface area contributed by atoms with Gasteiger partial charge in [-0.05, 0) is 28.8 Å². The molecule has 2 N–H and O–H groups in total. The first-order valence-corrected chi connectivity index (χ1v) is 7.16. The van der Waals surface area contributed by atoms with E-state index in [1.54, 1.807) is 11.3 Å². The van der Waals surface area contributed by atoms with Crippen molar-refractivity contribution in [2.75, 3.05) is 6.54 Å². The van der Waals surface area contributed by atoms with Gasteiger partial charge in [-0.1, -0.05) is 18.2 Å². The molecule has 3 nitrogen and oxygen atoms in total. The summed E-state index contributed by atoms with van der Waals surface area (Å²) in [5, 5.41) is 9.96. The summed E-state index contributed by atoms with van der Waals surface area (Å²) in [6.07, 6.45) is 1.63. The lowest BCUT2D eigenvalue weighted by Crippen LogP contribution is -2.35. The zero-order valence-electron chi connectivity index (χ0n) is 10.1. The lowest BCUT2D eigenvalue weighted by molar-refractivity contribution is -0.119. The molecule has 1 aromatic carbocycles. The molecule has 0 bridgehead atoms. The minimum absolute atomic E-state index is 0.183. The lowest BCUT2D eigenvalue weighted by atomic mass is 10.1. The second-order valence-electron chi connectivity index (χ2n) is 4.69. The highest BCUT2D eigenvalue weighted by molar-refractivity contribution is 7.17. The smallest absolute Gasteiger partial charge is 0.220 e. The van der Waals surface area contributed by atoms with E-state index in [0.717, 1.165) is 19.5 Å². The van der Waals surface area contributed by atoms with Crippen LogP contribution in [0.3, 0.4) is 0 Å². The molecular formula is C14H16N2OS. The fourth-order valence-corrected chi connectivity index (χ4v) is 3.34. The number of carbonyl (C=O) groups excluding carboxylic acids is 1. The van der Waals surface area contributed by atoms with Gasteiger partial charge in [0.15, 0.2) is 0 Å². The number of hydrogen-bond acceptors (Lipinski definition) is 3. The van der Waals surface area contributed by atoms with Crippen LogP contribution in [0.15, 0.2) is 29.6 Å². The van der Waals surface area contributed by atoms with E-state index in [2.05, 4.69) is 40.3 Å². The second-order valence-corrected chi connectivity index (χ2v) is 5.60. The van der Waals surface area contributed by atoms with Crippen molar-refractivity contribution in [3.05, 3.63) is 35.2 Å². The number of carbonyl (C=O) groups is 1. The van der Waals surface area contributed by atoms with Crippen LogP contribution >= 0.6 is 11.3 Å². The highest BCUT2D eigenvalue weighted by atomic mass is 32.1. The summed E-state index contributed by atoms with van der Waals surface area (Å²) in [6.45, 7) is 1.73. The molecule has 2 aromatic rings. The van der Waals surface area contributed by atoms with E-state index in [-0.39, 0.29) is 5.91 Å². The maximum Gasteiger partial charge on any atom is 0.220 e. The van der Waals surface area contributed by atoms with Gasteiger partial charge in [-0.2, -0.15) is 0 Å². The first-order valence-electron chi connectivity index (χ1n) is 6.28. The Morgan fingerprint density at radius 1 is 1.39 bits per heavy atom. The molecule has 1 unspecified atom stereocenters. The van der Waals surface area contributed by atoms with E-state index in [4.69, 9.17) is 0 Å². The van der Waals surface area contributed by atoms with Crippen LogP contribution < -0.4 is 10.6 Å². The fourth-order valence-electron chi connectivity index (χ4n) is 2.38. The minimum Gasteiger partial charge on any atom is -0.352 e. The molecule has 2 heterocycles. The minimum atomic E-state index is 0.183. The van der Waals surface area contributed by atoms with E-state index in [1.807, 2.05) is 0 Å². The Hall–Kier alpha value is -1.39. The zero-order valence-corrected chi connectivity index (χ0v) is 10.9. The quantitative estimate of drug-likeness (QED) is 0.885. The standard InChI is InChI=1S/C14H16N2OS/c17-14-6-5-11(16-14)8-15-7-10-9-18-13-4-2-1-3-12(10)13/h1-4,9,11,15H,5-8H2,(H,16,17). The van der Waals surface area contributed by atoms with Crippen LogP contribution in [0.25, 0.3) is 10.1 Å². The van der Waals surface area contributed by atoms with Gasteiger partial charge in [-0.3, -0.25) is 4.79 Å². The van der Waals surface area contributed by atoms with Gasteiger partial charge in [-0.25, -0.2) is 0 Å². The number of rotatable bonds is 4. The predicted octanol–water partition coefficient (Wildman–Crippen LogP) is 2.27. The molecule has 1 atom stereocenters. The lowest BCUT2D eigenvalue weighted by Gasteiger charge is -2.10. The number of nitrogens with one attached hydrogen (secondary N) is 2. The van der Waals surface area contributed by atoms with Crippen molar-refractivity contribution in [1.82, 2.24) is 10.6 Å². The third kappa shape index (κ3) is 2.40. The summed E-state index contributed by atoms with van der Waals surface area (Å²) in [5.74, 6) is 0.183. The first kappa shape index (κ1) is 11.7. The van der Waals surface area contributed by atoms with E-state index in [9.17, 15) is 4.79 Å². The molecule has 3 rings (SSSR count). The maximum absolute atomic E-state index is 11.1. The summed E-state index contributed by atoms with van der Waals surface area (Å²) in [5.41, 5.74) is 1.35. The number of fused-ring (bicyclic) bond motifs is 1. The highest BCUT2D eigenvalue weighted by Crippen LogP contribution is 2.25. The highest BCUT2D eigenvalue weighted by Gasteiger charge is 2.19. The summed E-state index contributed by atoms with van der Waals surface area (Å²) in [4.78, 5) is 11.1. The summed E-state index contributed by atoms with van der Waals surface area (Å²) >= 11 is 1.79. The third-order valence-electron chi connectivity index (χ3n) is 3.35. The van der Waals surface area contributed by atoms with Crippen molar-refractivity contribution in [1.29, 1.82) is 0 Å². The van der Waals surface area contributed by atoms with Crippen LogP contribution in [-0.2, 0) is 11.3 Å². The molecule has 94 valence electrons. The molecular weight excluding hydrogens is 244 g/mol. The molecule has 1 amide bonds. The number of hydrogen-bond donors (Lipinski definition) is 2. The molecule has 1 saturated heterocycles. The van der Waals surface area contributed by atoms with Gasteiger partial charge >= 0.3 is 0 Å². The van der Waals surface area contributed by atoms with Crippen LogP contribution in [0.4, 0.5) is 0 Å².